The zero-order chi connectivity index (χ0) is 16.5. The lowest BCUT2D eigenvalue weighted by atomic mass is 9.85. The molecule has 0 aliphatic carbocycles. The molecule has 4 aromatic carbocycles. The third kappa shape index (κ3) is 2.33. The number of carbonyl (C=O) groups excluding carboxylic acids is 1. The predicted octanol–water partition coefficient (Wildman–Crippen LogP) is 4.61. The molecule has 0 heterocycles. The summed E-state index contributed by atoms with van der Waals surface area (Å²) in [6.45, 7) is 0. The van der Waals surface area contributed by atoms with Crippen molar-refractivity contribution in [2.45, 2.75) is 5.92 Å². The number of primary amides is 1. The number of amides is 1. The lowest BCUT2D eigenvalue weighted by Gasteiger charge is -2.18. The number of rotatable bonds is 3. The Hall–Kier alpha value is -3.13. The maximum Gasteiger partial charge on any atom is 0.229 e. The van der Waals surface area contributed by atoms with Crippen LogP contribution >= 0.6 is 0 Å². The molecule has 4 rings (SSSR count). The minimum Gasteiger partial charge on any atom is -0.369 e. The number of fused-ring (bicyclic) bond motifs is 2. The lowest BCUT2D eigenvalue weighted by Crippen LogP contribution is -2.22. The van der Waals surface area contributed by atoms with E-state index in [9.17, 15) is 4.79 Å². The summed E-state index contributed by atoms with van der Waals surface area (Å²) in [6, 6.07) is 28.3. The molecule has 0 radical (unpaired) electrons. The van der Waals surface area contributed by atoms with Crippen LogP contribution in [0.3, 0.4) is 0 Å². The summed E-state index contributed by atoms with van der Waals surface area (Å²) in [4.78, 5) is 12.4. The maximum absolute atomic E-state index is 12.4. The number of carbonyl (C=O) groups is 1. The Morgan fingerprint density at radius 1 is 0.625 bits per heavy atom. The van der Waals surface area contributed by atoms with Crippen LogP contribution in [-0.2, 0) is 4.79 Å². The molecule has 2 nitrogen and oxygen atoms in total. The van der Waals surface area contributed by atoms with Crippen LogP contribution in [0.4, 0.5) is 0 Å². The van der Waals surface area contributed by atoms with Crippen molar-refractivity contribution in [2.24, 2.45) is 5.73 Å². The third-order valence-electron chi connectivity index (χ3n) is 4.55. The molecular weight excluding hydrogens is 294 g/mol. The first kappa shape index (κ1) is 14.5. The standard InChI is InChI=1S/C22H17NO/c23-22(24)21(19-13-5-9-15-7-1-3-11-17(15)19)20-14-6-10-16-8-2-4-12-18(16)20/h1-14,21H,(H2,23,24). The molecule has 0 aliphatic heterocycles. The minimum absolute atomic E-state index is 0.331. The Bertz CT molecular complexity index is 962. The van der Waals surface area contributed by atoms with E-state index in [1.54, 1.807) is 0 Å². The molecule has 4 aromatic rings. The van der Waals surface area contributed by atoms with Crippen LogP contribution in [-0.4, -0.2) is 5.91 Å². The molecule has 0 aromatic heterocycles. The fourth-order valence-corrected chi connectivity index (χ4v) is 3.48. The van der Waals surface area contributed by atoms with Crippen molar-refractivity contribution in [3.05, 3.63) is 96.1 Å². The SMILES string of the molecule is NC(=O)C(c1cccc2ccccc12)c1cccc2ccccc12. The summed E-state index contributed by atoms with van der Waals surface area (Å²) < 4.78 is 0. The monoisotopic (exact) mass is 311 g/mol. The Morgan fingerprint density at radius 3 is 1.50 bits per heavy atom. The number of nitrogens with two attached hydrogens (primary N) is 1. The van der Waals surface area contributed by atoms with Gasteiger partial charge < -0.3 is 5.73 Å². The molecule has 0 saturated heterocycles. The Labute approximate surface area is 140 Å². The lowest BCUT2D eigenvalue weighted by molar-refractivity contribution is -0.118. The van der Waals surface area contributed by atoms with Crippen LogP contribution in [0.5, 0.6) is 0 Å². The highest BCUT2D eigenvalue weighted by Crippen LogP contribution is 2.34. The zero-order valence-corrected chi connectivity index (χ0v) is 13.1. The van der Waals surface area contributed by atoms with Crippen molar-refractivity contribution in [1.29, 1.82) is 0 Å². The van der Waals surface area contributed by atoms with Crippen molar-refractivity contribution in [3.8, 4) is 0 Å². The van der Waals surface area contributed by atoms with Crippen LogP contribution in [0.2, 0.25) is 0 Å². The molecule has 24 heavy (non-hydrogen) atoms. The van der Waals surface area contributed by atoms with Crippen molar-refractivity contribution in [2.75, 3.05) is 0 Å². The molecule has 0 bridgehead atoms. The fraction of sp³-hybridized carbons (Fsp3) is 0.0455. The Morgan fingerprint density at radius 2 is 1.04 bits per heavy atom. The topological polar surface area (TPSA) is 43.1 Å². The molecule has 116 valence electrons. The summed E-state index contributed by atoms with van der Waals surface area (Å²) in [7, 11) is 0. The first-order valence-corrected chi connectivity index (χ1v) is 8.00. The zero-order valence-electron chi connectivity index (χ0n) is 13.1. The molecule has 0 fully saturated rings. The first-order chi connectivity index (χ1) is 11.8. The predicted molar refractivity (Wildman–Crippen MR) is 98.9 cm³/mol. The minimum atomic E-state index is -0.470. The second-order valence-corrected chi connectivity index (χ2v) is 5.97. The van der Waals surface area contributed by atoms with Gasteiger partial charge in [0.25, 0.3) is 0 Å². The van der Waals surface area contributed by atoms with Crippen LogP contribution in [0, 0.1) is 0 Å². The molecule has 1 amide bonds. The second-order valence-electron chi connectivity index (χ2n) is 5.97. The van der Waals surface area contributed by atoms with Gasteiger partial charge in [-0.15, -0.1) is 0 Å². The molecule has 0 aliphatic rings. The summed E-state index contributed by atoms with van der Waals surface area (Å²) in [5.74, 6) is -0.801. The van der Waals surface area contributed by atoms with Gasteiger partial charge in [0, 0.05) is 0 Å². The number of hydrogen-bond donors (Lipinski definition) is 1. The summed E-state index contributed by atoms with van der Waals surface area (Å²) in [5, 5.41) is 4.36. The van der Waals surface area contributed by atoms with Gasteiger partial charge in [0.1, 0.15) is 0 Å². The van der Waals surface area contributed by atoms with Crippen molar-refractivity contribution < 1.29 is 4.79 Å². The molecule has 0 spiro atoms. The van der Waals surface area contributed by atoms with Crippen molar-refractivity contribution in [3.63, 3.8) is 0 Å². The van der Waals surface area contributed by atoms with Gasteiger partial charge in [0.15, 0.2) is 0 Å². The molecule has 0 unspecified atom stereocenters. The van der Waals surface area contributed by atoms with Gasteiger partial charge in [-0.2, -0.15) is 0 Å². The highest BCUT2D eigenvalue weighted by atomic mass is 16.1. The van der Waals surface area contributed by atoms with Crippen molar-refractivity contribution >= 4 is 27.5 Å². The molecule has 2 N–H and O–H groups in total. The van der Waals surface area contributed by atoms with E-state index in [1.165, 1.54) is 0 Å². The van der Waals surface area contributed by atoms with E-state index in [0.717, 1.165) is 32.7 Å². The Kier molecular flexibility index (Phi) is 3.51. The number of benzene rings is 4. The van der Waals surface area contributed by atoms with Gasteiger partial charge in [-0.05, 0) is 32.7 Å². The van der Waals surface area contributed by atoms with E-state index in [0.29, 0.717) is 0 Å². The summed E-state index contributed by atoms with van der Waals surface area (Å²) in [6.07, 6.45) is 0. The van der Waals surface area contributed by atoms with Gasteiger partial charge in [-0.25, -0.2) is 0 Å². The van der Waals surface area contributed by atoms with Gasteiger partial charge in [-0.1, -0.05) is 84.9 Å². The van der Waals surface area contributed by atoms with E-state index < -0.39 is 5.92 Å². The van der Waals surface area contributed by atoms with E-state index in [-0.39, 0.29) is 5.91 Å². The van der Waals surface area contributed by atoms with Crippen LogP contribution in [0.25, 0.3) is 21.5 Å². The van der Waals surface area contributed by atoms with Gasteiger partial charge in [0.05, 0.1) is 5.92 Å². The third-order valence-corrected chi connectivity index (χ3v) is 4.55. The number of hydrogen-bond acceptors (Lipinski definition) is 1. The highest BCUT2D eigenvalue weighted by Gasteiger charge is 2.23. The van der Waals surface area contributed by atoms with Gasteiger partial charge >= 0.3 is 0 Å². The van der Waals surface area contributed by atoms with E-state index in [1.807, 2.05) is 60.7 Å². The molecule has 0 atom stereocenters. The average Bonchev–Trinajstić information content (AvgIpc) is 2.62. The van der Waals surface area contributed by atoms with Crippen molar-refractivity contribution in [1.82, 2.24) is 0 Å². The highest BCUT2D eigenvalue weighted by molar-refractivity contribution is 5.98. The summed E-state index contributed by atoms with van der Waals surface area (Å²) in [5.41, 5.74) is 7.75. The van der Waals surface area contributed by atoms with E-state index in [4.69, 9.17) is 5.73 Å². The summed E-state index contributed by atoms with van der Waals surface area (Å²) >= 11 is 0. The first-order valence-electron chi connectivity index (χ1n) is 8.00. The van der Waals surface area contributed by atoms with E-state index >= 15 is 0 Å². The molecule has 2 heteroatoms. The van der Waals surface area contributed by atoms with Crippen LogP contribution < -0.4 is 5.73 Å². The van der Waals surface area contributed by atoms with Gasteiger partial charge in [0.2, 0.25) is 5.91 Å². The van der Waals surface area contributed by atoms with E-state index in [2.05, 4.69) is 24.3 Å². The molecule has 0 saturated carbocycles. The maximum atomic E-state index is 12.4. The van der Waals surface area contributed by atoms with Crippen LogP contribution in [0.15, 0.2) is 84.9 Å². The van der Waals surface area contributed by atoms with Gasteiger partial charge in [-0.3, -0.25) is 4.79 Å². The second kappa shape index (κ2) is 5.82. The largest absolute Gasteiger partial charge is 0.369 e. The van der Waals surface area contributed by atoms with Crippen LogP contribution in [0.1, 0.15) is 17.0 Å². The Balaban J connectivity index is 2.02. The molecular formula is C22H17NO. The smallest absolute Gasteiger partial charge is 0.229 e. The average molecular weight is 311 g/mol. The quantitative estimate of drug-likeness (QED) is 0.590. The fourth-order valence-electron chi connectivity index (χ4n) is 3.48. The normalized spacial score (nSPS) is 11.2.